The summed E-state index contributed by atoms with van der Waals surface area (Å²) < 4.78 is 0. The summed E-state index contributed by atoms with van der Waals surface area (Å²) >= 11 is 0. The van der Waals surface area contributed by atoms with Crippen molar-refractivity contribution in [3.05, 3.63) is 30.1 Å². The third kappa shape index (κ3) is 2.83. The summed E-state index contributed by atoms with van der Waals surface area (Å²) in [5, 5.41) is 10.5. The van der Waals surface area contributed by atoms with E-state index in [4.69, 9.17) is 5.21 Å². The van der Waals surface area contributed by atoms with E-state index in [0.29, 0.717) is 5.56 Å². The Balaban J connectivity index is 2.48. The van der Waals surface area contributed by atoms with E-state index in [1.807, 2.05) is 0 Å². The molecule has 1 rings (SSSR count). The maximum absolute atomic E-state index is 11.3. The van der Waals surface area contributed by atoms with Gasteiger partial charge in [-0.3, -0.25) is 19.8 Å². The Kier molecular flexibility index (Phi) is 3.57. The van der Waals surface area contributed by atoms with Crippen molar-refractivity contribution in [1.82, 2.24) is 15.8 Å². The van der Waals surface area contributed by atoms with Crippen LogP contribution in [-0.2, 0) is 4.79 Å². The van der Waals surface area contributed by atoms with Gasteiger partial charge in [0.1, 0.15) is 0 Å². The molecule has 74 valence electrons. The molecule has 0 spiro atoms. The molecule has 0 radical (unpaired) electrons. The molecule has 6 nitrogen and oxygen atoms in total. The Morgan fingerprint density at radius 1 is 1.50 bits per heavy atom. The van der Waals surface area contributed by atoms with Gasteiger partial charge >= 0.3 is 0 Å². The van der Waals surface area contributed by atoms with E-state index < -0.39 is 11.8 Å². The molecule has 1 heterocycles. The van der Waals surface area contributed by atoms with Crippen LogP contribution < -0.4 is 10.8 Å². The van der Waals surface area contributed by atoms with Crippen molar-refractivity contribution in [3.8, 4) is 0 Å². The third-order valence-electron chi connectivity index (χ3n) is 1.46. The van der Waals surface area contributed by atoms with Crippen LogP contribution in [-0.4, -0.2) is 28.6 Å². The van der Waals surface area contributed by atoms with Gasteiger partial charge in [0.05, 0.1) is 12.1 Å². The number of pyridine rings is 1. The molecule has 1 aromatic rings. The standard InChI is InChI=1S/C8H9N3O3/c12-7(11-14)5-10-8(13)6-2-1-3-9-4-6/h1-4,14H,5H2,(H,10,13)(H,11,12). The zero-order valence-corrected chi connectivity index (χ0v) is 7.23. The van der Waals surface area contributed by atoms with Gasteiger partial charge in [-0.2, -0.15) is 0 Å². The first-order valence-electron chi connectivity index (χ1n) is 3.85. The molecule has 0 aliphatic heterocycles. The topological polar surface area (TPSA) is 91.3 Å². The Hall–Kier alpha value is -1.95. The largest absolute Gasteiger partial charge is 0.343 e. The van der Waals surface area contributed by atoms with Crippen LogP contribution in [0.25, 0.3) is 0 Å². The lowest BCUT2D eigenvalue weighted by Gasteiger charge is -2.02. The summed E-state index contributed by atoms with van der Waals surface area (Å²) in [4.78, 5) is 25.6. The lowest BCUT2D eigenvalue weighted by Crippen LogP contribution is -2.35. The minimum atomic E-state index is -0.678. The van der Waals surface area contributed by atoms with Gasteiger partial charge in [0.25, 0.3) is 11.8 Å². The molecule has 0 unspecified atom stereocenters. The SMILES string of the molecule is O=C(CNC(=O)c1cccnc1)NO. The van der Waals surface area contributed by atoms with Gasteiger partial charge in [-0.15, -0.1) is 0 Å². The number of carbonyl (C=O) groups excluding carboxylic acids is 2. The summed E-state index contributed by atoms with van der Waals surface area (Å²) in [5.41, 5.74) is 1.76. The van der Waals surface area contributed by atoms with Gasteiger partial charge in [-0.25, -0.2) is 5.48 Å². The van der Waals surface area contributed by atoms with Crippen LogP contribution in [0, 0.1) is 0 Å². The van der Waals surface area contributed by atoms with Crippen molar-refractivity contribution >= 4 is 11.8 Å². The summed E-state index contributed by atoms with van der Waals surface area (Å²) in [6.07, 6.45) is 2.92. The number of hydrogen-bond donors (Lipinski definition) is 3. The van der Waals surface area contributed by atoms with E-state index in [0.717, 1.165) is 0 Å². The number of nitrogens with one attached hydrogen (secondary N) is 2. The smallest absolute Gasteiger partial charge is 0.262 e. The fraction of sp³-hybridized carbons (Fsp3) is 0.125. The van der Waals surface area contributed by atoms with Crippen molar-refractivity contribution in [1.29, 1.82) is 0 Å². The molecule has 14 heavy (non-hydrogen) atoms. The molecular formula is C8H9N3O3. The molecule has 0 aromatic carbocycles. The van der Waals surface area contributed by atoms with E-state index in [1.54, 1.807) is 12.1 Å². The van der Waals surface area contributed by atoms with Crippen LogP contribution in [0.15, 0.2) is 24.5 Å². The summed E-state index contributed by atoms with van der Waals surface area (Å²) in [5.74, 6) is -1.09. The van der Waals surface area contributed by atoms with E-state index in [1.165, 1.54) is 17.9 Å². The minimum absolute atomic E-state index is 0.274. The molecule has 0 bridgehead atoms. The normalized spacial score (nSPS) is 9.21. The quantitative estimate of drug-likeness (QED) is 0.440. The maximum Gasteiger partial charge on any atom is 0.262 e. The number of hydrogen-bond acceptors (Lipinski definition) is 4. The van der Waals surface area contributed by atoms with Crippen LogP contribution in [0.5, 0.6) is 0 Å². The van der Waals surface area contributed by atoms with E-state index >= 15 is 0 Å². The summed E-state index contributed by atoms with van der Waals surface area (Å²) in [7, 11) is 0. The van der Waals surface area contributed by atoms with Crippen LogP contribution >= 0.6 is 0 Å². The van der Waals surface area contributed by atoms with E-state index in [9.17, 15) is 9.59 Å². The second-order valence-corrected chi connectivity index (χ2v) is 2.46. The van der Waals surface area contributed by atoms with Gasteiger partial charge in [-0.05, 0) is 12.1 Å². The molecule has 3 N–H and O–H groups in total. The minimum Gasteiger partial charge on any atom is -0.343 e. The molecule has 0 fully saturated rings. The van der Waals surface area contributed by atoms with Crippen molar-refractivity contribution < 1.29 is 14.8 Å². The average Bonchev–Trinajstić information content (AvgIpc) is 2.26. The Labute approximate surface area is 79.9 Å². The van der Waals surface area contributed by atoms with Crippen LogP contribution in [0.4, 0.5) is 0 Å². The average molecular weight is 195 g/mol. The maximum atomic E-state index is 11.3. The molecule has 0 aliphatic rings. The summed E-state index contributed by atoms with van der Waals surface area (Å²) in [6, 6.07) is 3.18. The van der Waals surface area contributed by atoms with Gasteiger partial charge in [0.2, 0.25) is 0 Å². The molecule has 1 aromatic heterocycles. The molecule has 6 heteroatoms. The molecule has 0 aliphatic carbocycles. The third-order valence-corrected chi connectivity index (χ3v) is 1.46. The van der Waals surface area contributed by atoms with Gasteiger partial charge in [-0.1, -0.05) is 0 Å². The summed E-state index contributed by atoms with van der Waals surface area (Å²) in [6.45, 7) is -0.274. The fourth-order valence-electron chi connectivity index (χ4n) is 0.799. The van der Waals surface area contributed by atoms with Crippen LogP contribution in [0.3, 0.4) is 0 Å². The van der Waals surface area contributed by atoms with Gasteiger partial charge in [0, 0.05) is 12.4 Å². The lowest BCUT2D eigenvalue weighted by molar-refractivity contribution is -0.128. The van der Waals surface area contributed by atoms with E-state index in [2.05, 4.69) is 10.3 Å². The van der Waals surface area contributed by atoms with Crippen molar-refractivity contribution in [2.45, 2.75) is 0 Å². The molecule has 0 saturated heterocycles. The zero-order valence-electron chi connectivity index (χ0n) is 7.23. The van der Waals surface area contributed by atoms with Crippen molar-refractivity contribution in [2.24, 2.45) is 0 Å². The highest BCUT2D eigenvalue weighted by molar-refractivity contribution is 5.95. The predicted molar refractivity (Wildman–Crippen MR) is 46.5 cm³/mol. The molecule has 2 amide bonds. The second kappa shape index (κ2) is 4.93. The van der Waals surface area contributed by atoms with E-state index in [-0.39, 0.29) is 6.54 Å². The first kappa shape index (κ1) is 10.1. The van der Waals surface area contributed by atoms with Crippen molar-refractivity contribution in [2.75, 3.05) is 6.54 Å². The van der Waals surface area contributed by atoms with Crippen LogP contribution in [0.1, 0.15) is 10.4 Å². The van der Waals surface area contributed by atoms with Gasteiger partial charge in [0.15, 0.2) is 0 Å². The lowest BCUT2D eigenvalue weighted by atomic mass is 10.3. The van der Waals surface area contributed by atoms with Gasteiger partial charge < -0.3 is 5.32 Å². The highest BCUT2D eigenvalue weighted by atomic mass is 16.5. The number of nitrogens with zero attached hydrogens (tertiary/aromatic N) is 1. The number of rotatable bonds is 3. The first-order valence-corrected chi connectivity index (χ1v) is 3.85. The Morgan fingerprint density at radius 3 is 2.86 bits per heavy atom. The fourth-order valence-corrected chi connectivity index (χ4v) is 0.799. The Morgan fingerprint density at radius 2 is 2.29 bits per heavy atom. The number of aromatic nitrogens is 1. The molecule has 0 saturated carbocycles. The monoisotopic (exact) mass is 195 g/mol. The molecular weight excluding hydrogens is 186 g/mol. The predicted octanol–water partition coefficient (Wildman–Crippen LogP) is -0.683. The van der Waals surface area contributed by atoms with Crippen molar-refractivity contribution in [3.63, 3.8) is 0 Å². The number of carbonyl (C=O) groups is 2. The first-order chi connectivity index (χ1) is 6.74. The zero-order chi connectivity index (χ0) is 10.4. The second-order valence-electron chi connectivity index (χ2n) is 2.46. The van der Waals surface area contributed by atoms with Crippen LogP contribution in [0.2, 0.25) is 0 Å². The molecule has 0 atom stereocenters. The highest BCUT2D eigenvalue weighted by Gasteiger charge is 2.06. The highest BCUT2D eigenvalue weighted by Crippen LogP contribution is 1.93. The number of hydroxylamine groups is 1. The number of amides is 2. The Bertz CT molecular complexity index is 326.